The number of para-hydroxylation sites is 1. The van der Waals surface area contributed by atoms with E-state index in [2.05, 4.69) is 5.32 Å². The summed E-state index contributed by atoms with van der Waals surface area (Å²) < 4.78 is 0. The highest BCUT2D eigenvalue weighted by molar-refractivity contribution is 6.31. The minimum absolute atomic E-state index is 0.158. The maximum absolute atomic E-state index is 12.8. The van der Waals surface area contributed by atoms with Gasteiger partial charge in [0.2, 0.25) is 5.91 Å². The van der Waals surface area contributed by atoms with E-state index in [4.69, 9.17) is 11.6 Å². The second-order valence-corrected chi connectivity index (χ2v) is 6.56. The lowest BCUT2D eigenvalue weighted by Gasteiger charge is -2.19. The molecule has 0 heterocycles. The Balaban J connectivity index is 1.79. The van der Waals surface area contributed by atoms with E-state index in [1.165, 1.54) is 0 Å². The molecule has 27 heavy (non-hydrogen) atoms. The molecule has 0 aromatic heterocycles. The maximum Gasteiger partial charge on any atom is 0.243 e. The second-order valence-electron chi connectivity index (χ2n) is 6.12. The Kier molecular flexibility index (Phi) is 5.89. The lowest BCUT2D eigenvalue weighted by atomic mass is 10.0. The Hall–Kier alpha value is -3.11. The first kappa shape index (κ1) is 18.7. The number of likely N-dealkylation sites (N-methyl/N-ethyl adjacent to an activating group) is 1. The topological polar surface area (TPSA) is 49.4 Å². The van der Waals surface area contributed by atoms with Crippen molar-refractivity contribution in [2.45, 2.75) is 0 Å². The summed E-state index contributed by atoms with van der Waals surface area (Å²) in [5, 5.41) is 3.27. The lowest BCUT2D eigenvalue weighted by Crippen LogP contribution is -2.30. The van der Waals surface area contributed by atoms with E-state index in [1.807, 2.05) is 48.3 Å². The van der Waals surface area contributed by atoms with Crippen molar-refractivity contribution in [3.8, 4) is 0 Å². The largest absolute Gasteiger partial charge is 0.365 e. The molecule has 3 aromatic carbocycles. The maximum atomic E-state index is 12.8. The number of benzene rings is 3. The normalized spacial score (nSPS) is 10.3. The molecule has 3 aromatic rings. The van der Waals surface area contributed by atoms with Gasteiger partial charge < -0.3 is 10.2 Å². The number of ketones is 1. The summed E-state index contributed by atoms with van der Waals surface area (Å²) in [6.07, 6.45) is 0. The zero-order valence-corrected chi connectivity index (χ0v) is 15.6. The molecule has 4 nitrogen and oxygen atoms in total. The number of nitrogens with zero attached hydrogens (tertiary/aromatic N) is 1. The highest BCUT2D eigenvalue weighted by Crippen LogP contribution is 2.24. The molecule has 0 spiro atoms. The fourth-order valence-electron chi connectivity index (χ4n) is 2.74. The quantitative estimate of drug-likeness (QED) is 0.635. The minimum Gasteiger partial charge on any atom is -0.365 e. The van der Waals surface area contributed by atoms with E-state index in [9.17, 15) is 9.59 Å². The Morgan fingerprint density at radius 3 is 2.22 bits per heavy atom. The van der Waals surface area contributed by atoms with Crippen molar-refractivity contribution < 1.29 is 9.59 Å². The summed E-state index contributed by atoms with van der Waals surface area (Å²) in [6, 6.07) is 23.4. The van der Waals surface area contributed by atoms with Gasteiger partial charge in [-0.15, -0.1) is 0 Å². The van der Waals surface area contributed by atoms with Crippen molar-refractivity contribution in [2.24, 2.45) is 0 Å². The first-order valence-corrected chi connectivity index (χ1v) is 8.88. The molecule has 0 bridgehead atoms. The number of halogens is 1. The van der Waals surface area contributed by atoms with E-state index in [0.717, 1.165) is 5.69 Å². The number of rotatable bonds is 6. The Labute approximate surface area is 163 Å². The van der Waals surface area contributed by atoms with Gasteiger partial charge in [0.05, 0.1) is 12.2 Å². The minimum atomic E-state index is -0.217. The summed E-state index contributed by atoms with van der Waals surface area (Å²) in [4.78, 5) is 27.2. The molecule has 0 aliphatic rings. The van der Waals surface area contributed by atoms with Gasteiger partial charge in [0.15, 0.2) is 5.78 Å². The Morgan fingerprint density at radius 1 is 0.926 bits per heavy atom. The number of carbonyl (C=O) groups is 2. The van der Waals surface area contributed by atoms with Crippen LogP contribution in [0, 0.1) is 0 Å². The van der Waals surface area contributed by atoms with E-state index in [0.29, 0.717) is 21.8 Å². The van der Waals surface area contributed by atoms with Crippen LogP contribution in [0.2, 0.25) is 5.02 Å². The molecule has 0 aliphatic carbocycles. The third kappa shape index (κ3) is 4.74. The van der Waals surface area contributed by atoms with E-state index in [-0.39, 0.29) is 18.2 Å². The molecule has 1 N–H and O–H groups in total. The molecule has 0 radical (unpaired) electrons. The van der Waals surface area contributed by atoms with Crippen molar-refractivity contribution in [2.75, 3.05) is 23.8 Å². The summed E-state index contributed by atoms with van der Waals surface area (Å²) in [7, 11) is 1.84. The van der Waals surface area contributed by atoms with Crippen LogP contribution in [0.5, 0.6) is 0 Å². The van der Waals surface area contributed by atoms with Gasteiger partial charge in [-0.1, -0.05) is 60.1 Å². The summed E-state index contributed by atoms with van der Waals surface area (Å²) in [5.74, 6) is -0.407. The van der Waals surface area contributed by atoms with E-state index < -0.39 is 0 Å². The van der Waals surface area contributed by atoms with Crippen LogP contribution < -0.4 is 10.2 Å². The van der Waals surface area contributed by atoms with Gasteiger partial charge in [-0.2, -0.15) is 0 Å². The number of carbonyl (C=O) groups excluding carboxylic acids is 2. The summed E-state index contributed by atoms with van der Waals surface area (Å²) in [6.45, 7) is 0.158. The zero-order valence-electron chi connectivity index (χ0n) is 14.9. The van der Waals surface area contributed by atoms with Gasteiger partial charge in [-0.3, -0.25) is 9.59 Å². The first-order chi connectivity index (χ1) is 13.0. The van der Waals surface area contributed by atoms with Gasteiger partial charge in [-0.25, -0.2) is 0 Å². The van der Waals surface area contributed by atoms with Crippen LogP contribution in [-0.4, -0.2) is 25.3 Å². The van der Waals surface area contributed by atoms with Crippen LogP contribution >= 0.6 is 11.6 Å². The number of hydrogen-bond acceptors (Lipinski definition) is 3. The standard InChI is InChI=1S/C22H19ClN2O2/c1-25(18-10-6-3-7-11-18)15-21(26)24-20-13-12-17(23)14-19(20)22(27)16-8-4-2-5-9-16/h2-14H,15H2,1H3,(H,24,26). The molecular formula is C22H19ClN2O2. The summed E-state index contributed by atoms with van der Waals surface area (Å²) >= 11 is 6.08. The Bertz CT molecular complexity index is 943. The predicted octanol–water partition coefficient (Wildman–Crippen LogP) is 4.65. The van der Waals surface area contributed by atoms with Crippen LogP contribution in [0.15, 0.2) is 78.9 Å². The molecular weight excluding hydrogens is 360 g/mol. The van der Waals surface area contributed by atoms with Gasteiger partial charge in [-0.05, 0) is 30.3 Å². The third-order valence-electron chi connectivity index (χ3n) is 4.11. The first-order valence-electron chi connectivity index (χ1n) is 8.50. The van der Waals surface area contributed by atoms with Crippen molar-refractivity contribution in [3.05, 3.63) is 95.0 Å². The van der Waals surface area contributed by atoms with Crippen molar-refractivity contribution in [1.29, 1.82) is 0 Å². The lowest BCUT2D eigenvalue weighted by molar-refractivity contribution is -0.114. The van der Waals surface area contributed by atoms with Gasteiger partial charge in [0.1, 0.15) is 0 Å². The molecule has 0 aliphatic heterocycles. The summed E-state index contributed by atoms with van der Waals surface area (Å²) in [5.41, 5.74) is 2.28. The Morgan fingerprint density at radius 2 is 1.56 bits per heavy atom. The van der Waals surface area contributed by atoms with E-state index >= 15 is 0 Å². The van der Waals surface area contributed by atoms with Crippen LogP contribution in [0.4, 0.5) is 11.4 Å². The molecule has 136 valence electrons. The fourth-order valence-corrected chi connectivity index (χ4v) is 2.91. The zero-order chi connectivity index (χ0) is 19.2. The van der Waals surface area contributed by atoms with Crippen LogP contribution in [-0.2, 0) is 4.79 Å². The van der Waals surface area contributed by atoms with Gasteiger partial charge in [0, 0.05) is 28.9 Å². The molecule has 0 fully saturated rings. The molecule has 0 unspecified atom stereocenters. The molecule has 3 rings (SSSR count). The number of anilines is 2. The van der Waals surface area contributed by atoms with Crippen LogP contribution in [0.1, 0.15) is 15.9 Å². The number of amides is 1. The van der Waals surface area contributed by atoms with Crippen LogP contribution in [0.25, 0.3) is 0 Å². The molecule has 0 atom stereocenters. The molecule has 0 saturated carbocycles. The second kappa shape index (κ2) is 8.52. The molecule has 1 amide bonds. The van der Waals surface area contributed by atoms with E-state index in [1.54, 1.807) is 42.5 Å². The third-order valence-corrected chi connectivity index (χ3v) is 4.35. The highest BCUT2D eigenvalue weighted by Gasteiger charge is 2.16. The molecule has 5 heteroatoms. The molecule has 0 saturated heterocycles. The van der Waals surface area contributed by atoms with Gasteiger partial charge >= 0.3 is 0 Å². The van der Waals surface area contributed by atoms with Crippen molar-refractivity contribution in [1.82, 2.24) is 0 Å². The average molecular weight is 379 g/mol. The highest BCUT2D eigenvalue weighted by atomic mass is 35.5. The monoisotopic (exact) mass is 378 g/mol. The predicted molar refractivity (Wildman–Crippen MR) is 110 cm³/mol. The van der Waals surface area contributed by atoms with Crippen molar-refractivity contribution >= 4 is 34.7 Å². The fraction of sp³-hybridized carbons (Fsp3) is 0.0909. The smallest absolute Gasteiger partial charge is 0.243 e. The number of hydrogen-bond donors (Lipinski definition) is 1. The van der Waals surface area contributed by atoms with Crippen LogP contribution in [0.3, 0.4) is 0 Å². The van der Waals surface area contributed by atoms with Crippen molar-refractivity contribution in [3.63, 3.8) is 0 Å². The van der Waals surface area contributed by atoms with Gasteiger partial charge in [0.25, 0.3) is 0 Å². The average Bonchev–Trinajstić information content (AvgIpc) is 2.70. The number of nitrogens with one attached hydrogen (secondary N) is 1. The SMILES string of the molecule is CN(CC(=O)Nc1ccc(Cl)cc1C(=O)c1ccccc1)c1ccccc1.